The number of rotatable bonds is 8. The summed E-state index contributed by atoms with van der Waals surface area (Å²) in [6, 6.07) is 14.0. The average molecular weight is 555 g/mol. The summed E-state index contributed by atoms with van der Waals surface area (Å²) < 4.78 is 32.0. The van der Waals surface area contributed by atoms with Gasteiger partial charge in [-0.05, 0) is 55.8 Å². The number of aromatic nitrogens is 3. The van der Waals surface area contributed by atoms with E-state index in [1.165, 1.54) is 36.7 Å². The minimum Gasteiger partial charge on any atom is -0.493 e. The molecule has 10 heteroatoms. The molecule has 2 aromatic carbocycles. The molecule has 0 saturated heterocycles. The van der Waals surface area contributed by atoms with Crippen LogP contribution >= 0.6 is 0 Å². The first kappa shape index (κ1) is 27.3. The highest BCUT2D eigenvalue weighted by molar-refractivity contribution is 6.04. The van der Waals surface area contributed by atoms with E-state index >= 15 is 0 Å². The number of carbonyl (C=O) groups is 1. The van der Waals surface area contributed by atoms with Crippen LogP contribution in [0.3, 0.4) is 0 Å². The Balaban J connectivity index is 1.39. The molecule has 5 rings (SSSR count). The van der Waals surface area contributed by atoms with Gasteiger partial charge in [0.05, 0.1) is 25.9 Å². The van der Waals surface area contributed by atoms with Gasteiger partial charge in [-0.15, -0.1) is 0 Å². The second kappa shape index (κ2) is 11.5. The minimum absolute atomic E-state index is 0.0266. The quantitative estimate of drug-likeness (QED) is 0.242. The molecule has 0 radical (unpaired) electrons. The molecule has 41 heavy (non-hydrogen) atoms. The number of amides is 1. The van der Waals surface area contributed by atoms with Crippen LogP contribution in [-0.4, -0.2) is 34.7 Å². The second-order valence-electron chi connectivity index (χ2n) is 9.43. The van der Waals surface area contributed by atoms with Crippen LogP contribution < -0.4 is 25.0 Å². The first-order valence-corrected chi connectivity index (χ1v) is 12.7. The summed E-state index contributed by atoms with van der Waals surface area (Å²) in [5.41, 5.74) is 0.937. The zero-order valence-corrected chi connectivity index (χ0v) is 22.8. The molecule has 0 spiro atoms. The molecular weight excluding hydrogens is 527 g/mol. The Kier molecular flexibility index (Phi) is 7.64. The SMILES string of the molecule is COc1cc2nccc(Oc3ccc(NC(=O)c4cn(C(C)C)cc(-c5ccc(F)cc5)c4=O)nc3)c2cc1OC. The number of hydrogen-bond acceptors (Lipinski definition) is 7. The van der Waals surface area contributed by atoms with Crippen LogP contribution in [0.1, 0.15) is 30.2 Å². The Morgan fingerprint density at radius 2 is 1.66 bits per heavy atom. The number of halogens is 1. The van der Waals surface area contributed by atoms with Crippen LogP contribution in [0.4, 0.5) is 10.2 Å². The average Bonchev–Trinajstić information content (AvgIpc) is 2.98. The van der Waals surface area contributed by atoms with Gasteiger partial charge in [-0.25, -0.2) is 9.37 Å². The topological polar surface area (TPSA) is 105 Å². The summed E-state index contributed by atoms with van der Waals surface area (Å²) in [5.74, 6) is 1.24. The van der Waals surface area contributed by atoms with E-state index in [4.69, 9.17) is 14.2 Å². The van der Waals surface area contributed by atoms with Crippen molar-refractivity contribution in [2.75, 3.05) is 19.5 Å². The monoisotopic (exact) mass is 554 g/mol. The highest BCUT2D eigenvalue weighted by Crippen LogP contribution is 2.36. The van der Waals surface area contributed by atoms with Gasteiger partial charge in [0.15, 0.2) is 11.5 Å². The van der Waals surface area contributed by atoms with Crippen LogP contribution in [0.2, 0.25) is 0 Å². The van der Waals surface area contributed by atoms with Crippen LogP contribution in [0.5, 0.6) is 23.0 Å². The van der Waals surface area contributed by atoms with Crippen molar-refractivity contribution in [3.63, 3.8) is 0 Å². The molecule has 3 aromatic heterocycles. The van der Waals surface area contributed by atoms with Crippen molar-refractivity contribution in [1.29, 1.82) is 0 Å². The van der Waals surface area contributed by atoms with Gasteiger partial charge in [0, 0.05) is 41.6 Å². The smallest absolute Gasteiger partial charge is 0.262 e. The number of benzene rings is 2. The van der Waals surface area contributed by atoms with E-state index in [2.05, 4.69) is 15.3 Å². The molecule has 0 unspecified atom stereocenters. The van der Waals surface area contributed by atoms with E-state index in [-0.39, 0.29) is 17.4 Å². The lowest BCUT2D eigenvalue weighted by atomic mass is 10.0. The minimum atomic E-state index is -0.615. The molecule has 0 saturated carbocycles. The predicted molar refractivity (Wildman–Crippen MR) is 154 cm³/mol. The van der Waals surface area contributed by atoms with Crippen molar-refractivity contribution in [1.82, 2.24) is 14.5 Å². The molecule has 5 aromatic rings. The molecule has 0 bridgehead atoms. The van der Waals surface area contributed by atoms with E-state index in [1.807, 2.05) is 13.8 Å². The largest absolute Gasteiger partial charge is 0.493 e. The van der Waals surface area contributed by atoms with Gasteiger partial charge in [-0.3, -0.25) is 14.6 Å². The van der Waals surface area contributed by atoms with Crippen molar-refractivity contribution in [2.45, 2.75) is 19.9 Å². The Morgan fingerprint density at radius 3 is 2.32 bits per heavy atom. The highest BCUT2D eigenvalue weighted by atomic mass is 19.1. The zero-order chi connectivity index (χ0) is 29.1. The van der Waals surface area contributed by atoms with Gasteiger partial charge >= 0.3 is 0 Å². The first-order valence-electron chi connectivity index (χ1n) is 12.7. The predicted octanol–water partition coefficient (Wildman–Crippen LogP) is 6.24. The molecule has 0 atom stereocenters. The third-order valence-corrected chi connectivity index (χ3v) is 6.45. The molecule has 0 aliphatic rings. The zero-order valence-electron chi connectivity index (χ0n) is 22.8. The summed E-state index contributed by atoms with van der Waals surface area (Å²) in [6.45, 7) is 3.86. The molecular formula is C31H27FN4O5. The van der Waals surface area contributed by atoms with Gasteiger partial charge in [0.2, 0.25) is 5.43 Å². The van der Waals surface area contributed by atoms with Crippen LogP contribution in [0.25, 0.3) is 22.0 Å². The van der Waals surface area contributed by atoms with E-state index in [1.54, 1.807) is 61.5 Å². The van der Waals surface area contributed by atoms with Gasteiger partial charge in [-0.1, -0.05) is 12.1 Å². The molecule has 3 heterocycles. The Morgan fingerprint density at radius 1 is 0.927 bits per heavy atom. The Hall–Kier alpha value is -5.25. The van der Waals surface area contributed by atoms with Crippen LogP contribution in [0.15, 0.2) is 84.2 Å². The summed E-state index contributed by atoms with van der Waals surface area (Å²) in [4.78, 5) is 35.1. The Labute approximate surface area is 235 Å². The van der Waals surface area contributed by atoms with E-state index in [0.717, 1.165) is 0 Å². The van der Waals surface area contributed by atoms with Crippen LogP contribution in [0, 0.1) is 5.82 Å². The third kappa shape index (κ3) is 5.72. The Bertz CT molecular complexity index is 1780. The lowest BCUT2D eigenvalue weighted by Gasteiger charge is -2.15. The van der Waals surface area contributed by atoms with Crippen molar-refractivity contribution in [3.8, 4) is 34.1 Å². The maximum atomic E-state index is 13.5. The van der Waals surface area contributed by atoms with Crippen molar-refractivity contribution >= 4 is 22.6 Å². The lowest BCUT2D eigenvalue weighted by Crippen LogP contribution is -2.25. The molecule has 0 aliphatic heterocycles. The fourth-order valence-electron chi connectivity index (χ4n) is 4.25. The van der Waals surface area contributed by atoms with E-state index < -0.39 is 17.2 Å². The number of nitrogens with one attached hydrogen (secondary N) is 1. The molecule has 9 nitrogen and oxygen atoms in total. The molecule has 0 aliphatic carbocycles. The van der Waals surface area contributed by atoms with Crippen molar-refractivity contribution < 1.29 is 23.4 Å². The molecule has 1 amide bonds. The number of carbonyl (C=O) groups excluding carboxylic acids is 1. The number of pyridine rings is 3. The lowest BCUT2D eigenvalue weighted by molar-refractivity contribution is 0.102. The second-order valence-corrected chi connectivity index (χ2v) is 9.43. The first-order chi connectivity index (χ1) is 19.8. The number of hydrogen-bond donors (Lipinski definition) is 1. The van der Waals surface area contributed by atoms with Crippen molar-refractivity contribution in [3.05, 3.63) is 101 Å². The maximum absolute atomic E-state index is 13.5. The van der Waals surface area contributed by atoms with E-state index in [9.17, 15) is 14.0 Å². The normalized spacial score (nSPS) is 11.0. The van der Waals surface area contributed by atoms with Gasteiger partial charge in [0.1, 0.15) is 28.7 Å². The highest BCUT2D eigenvalue weighted by Gasteiger charge is 2.18. The van der Waals surface area contributed by atoms with Crippen molar-refractivity contribution in [2.24, 2.45) is 0 Å². The summed E-state index contributed by atoms with van der Waals surface area (Å²) in [5, 5.41) is 3.40. The molecule has 1 N–H and O–H groups in total. The standard InChI is InChI=1S/C31H27FN4O5/c1-18(2)36-16-23(19-5-7-20(32)8-6-19)30(37)24(17-36)31(38)35-29-10-9-21(15-34-29)41-26-11-12-33-25-14-28(40-4)27(39-3)13-22(25)26/h5-18H,1-4H3,(H,34,35,38). The van der Waals surface area contributed by atoms with Gasteiger partial charge in [-0.2, -0.15) is 0 Å². The number of anilines is 1. The van der Waals surface area contributed by atoms with Gasteiger partial charge in [0.25, 0.3) is 5.91 Å². The van der Waals surface area contributed by atoms with Crippen LogP contribution in [-0.2, 0) is 0 Å². The maximum Gasteiger partial charge on any atom is 0.262 e. The van der Waals surface area contributed by atoms with Gasteiger partial charge < -0.3 is 24.1 Å². The fourth-order valence-corrected chi connectivity index (χ4v) is 4.25. The number of fused-ring (bicyclic) bond motifs is 1. The number of methoxy groups -OCH3 is 2. The molecule has 0 fully saturated rings. The summed E-state index contributed by atoms with van der Waals surface area (Å²) in [7, 11) is 3.10. The van der Waals surface area contributed by atoms with E-state index in [0.29, 0.717) is 45.0 Å². The summed E-state index contributed by atoms with van der Waals surface area (Å²) >= 11 is 0. The fraction of sp³-hybridized carbons (Fsp3) is 0.161. The third-order valence-electron chi connectivity index (χ3n) is 6.45. The number of nitrogens with zero attached hydrogens (tertiary/aromatic N) is 3. The molecule has 208 valence electrons. The number of ether oxygens (including phenoxy) is 3. The summed E-state index contributed by atoms with van der Waals surface area (Å²) in [6.07, 6.45) is 6.25.